The molecule has 4 nitrogen and oxygen atoms in total. The number of rotatable bonds is 2. The zero-order valence-corrected chi connectivity index (χ0v) is 10.8. The van der Waals surface area contributed by atoms with E-state index in [1.807, 2.05) is 46.1 Å². The summed E-state index contributed by atoms with van der Waals surface area (Å²) < 4.78 is 0. The van der Waals surface area contributed by atoms with Gasteiger partial charge in [-0.3, -0.25) is 10.4 Å². The quantitative estimate of drug-likeness (QED) is 0.480. The molecule has 1 aromatic rings. The fraction of sp³-hybridized carbons (Fsp3) is 0.364. The summed E-state index contributed by atoms with van der Waals surface area (Å²) in [7, 11) is 3.73. The number of nitrogens with one attached hydrogen (secondary N) is 1. The SMILES string of the molecule is C/C(=N\NC(=S)N(C)C)c1cccc(C)n1. The molecule has 0 saturated heterocycles. The van der Waals surface area contributed by atoms with Crippen molar-refractivity contribution in [3.8, 4) is 0 Å². The van der Waals surface area contributed by atoms with E-state index in [1.165, 1.54) is 0 Å². The van der Waals surface area contributed by atoms with Gasteiger partial charge in [0.2, 0.25) is 0 Å². The first kappa shape index (κ1) is 12.6. The summed E-state index contributed by atoms with van der Waals surface area (Å²) in [4.78, 5) is 6.16. The summed E-state index contributed by atoms with van der Waals surface area (Å²) in [5, 5.41) is 4.75. The van der Waals surface area contributed by atoms with Gasteiger partial charge in [0.15, 0.2) is 5.11 Å². The first-order valence-corrected chi connectivity index (χ1v) is 5.37. The van der Waals surface area contributed by atoms with Crippen molar-refractivity contribution >= 4 is 23.0 Å². The predicted molar refractivity (Wildman–Crippen MR) is 70.6 cm³/mol. The molecule has 0 aromatic carbocycles. The fourth-order valence-corrected chi connectivity index (χ4v) is 1.08. The molecule has 1 rings (SSSR count). The van der Waals surface area contributed by atoms with Crippen LogP contribution < -0.4 is 5.43 Å². The van der Waals surface area contributed by atoms with Crippen LogP contribution >= 0.6 is 12.2 Å². The third kappa shape index (κ3) is 3.58. The average molecular weight is 236 g/mol. The maximum atomic E-state index is 5.06. The van der Waals surface area contributed by atoms with E-state index in [4.69, 9.17) is 12.2 Å². The largest absolute Gasteiger partial charge is 0.354 e. The van der Waals surface area contributed by atoms with E-state index in [1.54, 1.807) is 4.90 Å². The Labute approximate surface area is 101 Å². The van der Waals surface area contributed by atoms with Crippen LogP contribution in [0.1, 0.15) is 18.3 Å². The van der Waals surface area contributed by atoms with Gasteiger partial charge in [-0.2, -0.15) is 5.10 Å². The molecule has 0 radical (unpaired) electrons. The lowest BCUT2D eigenvalue weighted by Gasteiger charge is -2.12. The van der Waals surface area contributed by atoms with E-state index in [0.29, 0.717) is 5.11 Å². The molecule has 0 fully saturated rings. The zero-order chi connectivity index (χ0) is 12.1. The molecule has 5 heteroatoms. The van der Waals surface area contributed by atoms with E-state index in [-0.39, 0.29) is 0 Å². The molecule has 1 heterocycles. The molecule has 0 amide bonds. The summed E-state index contributed by atoms with van der Waals surface area (Å²) in [5.74, 6) is 0. The van der Waals surface area contributed by atoms with E-state index in [0.717, 1.165) is 17.1 Å². The molecule has 0 bridgehead atoms. The lowest BCUT2D eigenvalue weighted by molar-refractivity contribution is 0.606. The van der Waals surface area contributed by atoms with Crippen LogP contribution in [-0.4, -0.2) is 34.8 Å². The van der Waals surface area contributed by atoms with Crippen molar-refractivity contribution in [2.24, 2.45) is 5.10 Å². The number of pyridine rings is 1. The van der Waals surface area contributed by atoms with Crippen molar-refractivity contribution in [1.29, 1.82) is 0 Å². The second-order valence-corrected chi connectivity index (χ2v) is 4.06. The van der Waals surface area contributed by atoms with Gasteiger partial charge in [0.1, 0.15) is 0 Å². The highest BCUT2D eigenvalue weighted by Crippen LogP contribution is 1.99. The Morgan fingerprint density at radius 2 is 2.12 bits per heavy atom. The Morgan fingerprint density at radius 3 is 2.69 bits per heavy atom. The molecule has 0 spiro atoms. The molecule has 1 N–H and O–H groups in total. The van der Waals surface area contributed by atoms with Crippen molar-refractivity contribution in [3.63, 3.8) is 0 Å². The molecule has 1 aromatic heterocycles. The van der Waals surface area contributed by atoms with Crippen LogP contribution in [0.3, 0.4) is 0 Å². The van der Waals surface area contributed by atoms with Crippen LogP contribution in [0.15, 0.2) is 23.3 Å². The van der Waals surface area contributed by atoms with Crippen molar-refractivity contribution in [2.45, 2.75) is 13.8 Å². The van der Waals surface area contributed by atoms with E-state index in [9.17, 15) is 0 Å². The number of thiocarbonyl (C=S) groups is 1. The molecule has 86 valence electrons. The maximum Gasteiger partial charge on any atom is 0.189 e. The smallest absolute Gasteiger partial charge is 0.189 e. The number of aromatic nitrogens is 1. The number of aryl methyl sites for hydroxylation is 1. The van der Waals surface area contributed by atoms with Gasteiger partial charge in [-0.15, -0.1) is 0 Å². The molecule has 0 aliphatic carbocycles. The van der Waals surface area contributed by atoms with E-state index < -0.39 is 0 Å². The monoisotopic (exact) mass is 236 g/mol. The first-order chi connectivity index (χ1) is 7.50. The Balaban J connectivity index is 2.74. The summed E-state index contributed by atoms with van der Waals surface area (Å²) >= 11 is 5.06. The molecule has 0 aliphatic heterocycles. The number of nitrogens with zero attached hydrogens (tertiary/aromatic N) is 3. The van der Waals surface area contributed by atoms with Crippen LogP contribution in [0.5, 0.6) is 0 Å². The lowest BCUT2D eigenvalue weighted by Crippen LogP contribution is -2.31. The molecule has 0 atom stereocenters. The maximum absolute atomic E-state index is 5.06. The van der Waals surface area contributed by atoms with Gasteiger partial charge in [0.05, 0.1) is 11.4 Å². The van der Waals surface area contributed by atoms with Gasteiger partial charge in [-0.05, 0) is 38.2 Å². The van der Waals surface area contributed by atoms with Crippen LogP contribution in [0.2, 0.25) is 0 Å². The first-order valence-electron chi connectivity index (χ1n) is 4.96. The van der Waals surface area contributed by atoms with Gasteiger partial charge in [0, 0.05) is 19.8 Å². The minimum atomic E-state index is 0.576. The average Bonchev–Trinajstić information content (AvgIpc) is 2.25. The van der Waals surface area contributed by atoms with Gasteiger partial charge in [0.25, 0.3) is 0 Å². The Bertz CT molecular complexity index is 412. The highest BCUT2D eigenvalue weighted by molar-refractivity contribution is 7.80. The van der Waals surface area contributed by atoms with Gasteiger partial charge in [-0.25, -0.2) is 0 Å². The van der Waals surface area contributed by atoms with Crippen LogP contribution in [0.25, 0.3) is 0 Å². The molecule has 16 heavy (non-hydrogen) atoms. The summed E-state index contributed by atoms with van der Waals surface area (Å²) in [6, 6.07) is 5.84. The molecule has 0 aliphatic rings. The highest BCUT2D eigenvalue weighted by atomic mass is 32.1. The van der Waals surface area contributed by atoms with Crippen LogP contribution in [0, 0.1) is 6.92 Å². The predicted octanol–water partition coefficient (Wildman–Crippen LogP) is 1.55. The number of hydrogen-bond acceptors (Lipinski definition) is 3. The third-order valence-corrected chi connectivity index (χ3v) is 2.44. The lowest BCUT2D eigenvalue weighted by atomic mass is 10.2. The van der Waals surface area contributed by atoms with Gasteiger partial charge in [-0.1, -0.05) is 6.07 Å². The van der Waals surface area contributed by atoms with E-state index >= 15 is 0 Å². The van der Waals surface area contributed by atoms with Gasteiger partial charge < -0.3 is 4.90 Å². The normalized spacial score (nSPS) is 11.1. The molecule has 0 unspecified atom stereocenters. The molecular formula is C11H16N4S. The Morgan fingerprint density at radius 1 is 1.44 bits per heavy atom. The standard InChI is InChI=1S/C11H16N4S/c1-8-6-5-7-10(12-8)9(2)13-14-11(16)15(3)4/h5-7H,1-4H3,(H,14,16)/b13-9+. The van der Waals surface area contributed by atoms with Gasteiger partial charge >= 0.3 is 0 Å². The van der Waals surface area contributed by atoms with Crippen molar-refractivity contribution in [2.75, 3.05) is 14.1 Å². The van der Waals surface area contributed by atoms with Crippen molar-refractivity contribution in [1.82, 2.24) is 15.3 Å². The molecule has 0 saturated carbocycles. The van der Waals surface area contributed by atoms with Crippen molar-refractivity contribution in [3.05, 3.63) is 29.6 Å². The minimum absolute atomic E-state index is 0.576. The highest BCUT2D eigenvalue weighted by Gasteiger charge is 2.00. The summed E-state index contributed by atoms with van der Waals surface area (Å²) in [6.45, 7) is 3.85. The summed E-state index contributed by atoms with van der Waals surface area (Å²) in [5.41, 5.74) is 5.45. The van der Waals surface area contributed by atoms with Crippen LogP contribution in [0.4, 0.5) is 0 Å². The number of hydrogen-bond donors (Lipinski definition) is 1. The molecular weight excluding hydrogens is 220 g/mol. The number of hydrazone groups is 1. The second-order valence-electron chi connectivity index (χ2n) is 3.67. The van der Waals surface area contributed by atoms with E-state index in [2.05, 4.69) is 15.5 Å². The minimum Gasteiger partial charge on any atom is -0.354 e. The Hall–Kier alpha value is -1.49. The second kappa shape index (κ2) is 5.55. The van der Waals surface area contributed by atoms with Crippen LogP contribution in [-0.2, 0) is 0 Å². The zero-order valence-electron chi connectivity index (χ0n) is 9.98. The summed E-state index contributed by atoms with van der Waals surface area (Å²) in [6.07, 6.45) is 0. The van der Waals surface area contributed by atoms with Crippen molar-refractivity contribution < 1.29 is 0 Å². The fourth-order valence-electron chi connectivity index (χ4n) is 1.03. The third-order valence-electron chi connectivity index (χ3n) is 1.98. The Kier molecular flexibility index (Phi) is 4.37. The topological polar surface area (TPSA) is 40.5 Å².